The molecular weight excluding hydrogens is 1210 g/mol. The molecule has 0 saturated carbocycles. The Morgan fingerprint density at radius 2 is 1.35 bits per heavy atom. The summed E-state index contributed by atoms with van der Waals surface area (Å²) in [5, 5.41) is 39.8. The van der Waals surface area contributed by atoms with Gasteiger partial charge in [-0.25, -0.2) is 9.59 Å². The van der Waals surface area contributed by atoms with Crippen molar-refractivity contribution in [2.75, 3.05) is 53.3 Å². The van der Waals surface area contributed by atoms with Crippen LogP contribution in [0.3, 0.4) is 0 Å². The number of carbonyl (C=O) groups excluding carboxylic acids is 10. The molecule has 2 heterocycles. The normalized spacial score (nSPS) is 18.0. The zero-order chi connectivity index (χ0) is 70.1. The van der Waals surface area contributed by atoms with Crippen molar-refractivity contribution in [3.05, 3.63) is 77.9 Å². The molecule has 26 heteroatoms. The summed E-state index contributed by atoms with van der Waals surface area (Å²) in [6.45, 7) is 18.8. The molecule has 0 aliphatic carbocycles. The second-order valence-electron chi connectivity index (χ2n) is 25.9. The van der Waals surface area contributed by atoms with E-state index >= 15 is 0 Å². The molecule has 10 N–H and O–H groups in total. The third kappa shape index (κ3) is 23.1. The van der Waals surface area contributed by atoms with Gasteiger partial charge in [-0.15, -0.1) is 0 Å². The molecule has 1 fully saturated rings. The number of hydrogen-bond donors (Lipinski definition) is 9. The standard InChI is InChI=1S/C68H107N11O15/c1-15-43(8)59(51(92-13)38-55(83)78-37-23-27-50(78)61(93-14)44(9)62(85)71-45(10)60(84)47-24-18-16-19-25-47)76(11)66(89)57(41(4)5)75-65(88)58(42(6)7)77(12)68(91)94-39-46-29-31-48(32-30-46)72-63(86)49(26-22-35-70-67(69)90)73-64(87)56(40(2)3)74-52(80)28-20-17-21-36-79-53(81)33-34-54(79)82/h16,18-19,24-25,29-34,40-45,49-51,55-61,83-84H,15,17,20-23,26-28,35-39H2,1-14H3,(H,71,85)(H,72,86)(H,73,87)(H,74,80)(H,75,88)(H3,69,70,90)/t43-,44+,45+,49-,50-,51+,55?,56-,57-,58-,59-,60+,61+/m0/s1. The Labute approximate surface area is 554 Å². The van der Waals surface area contributed by atoms with Gasteiger partial charge in [0.2, 0.25) is 35.4 Å². The number of rotatable bonds is 39. The summed E-state index contributed by atoms with van der Waals surface area (Å²) >= 11 is 0. The lowest BCUT2D eigenvalue weighted by atomic mass is 9.89. The number of nitrogens with two attached hydrogens (primary N) is 1. The fraction of sp³-hybridized carbons (Fsp3) is 0.647. The highest BCUT2D eigenvalue weighted by Gasteiger charge is 2.44. The maximum Gasteiger partial charge on any atom is 0.410 e. The minimum atomic E-state index is -1.11. The first-order chi connectivity index (χ1) is 44.5. The molecule has 1 saturated heterocycles. The topological polar surface area (TPSA) is 350 Å². The third-order valence-corrected chi connectivity index (χ3v) is 17.9. The molecule has 26 nitrogen and oxygen atoms in total. The number of unbranched alkanes of at least 4 members (excludes halogenated alkanes) is 2. The van der Waals surface area contributed by atoms with Crippen molar-refractivity contribution in [3.8, 4) is 0 Å². The molecule has 0 bridgehead atoms. The number of amides is 11. The summed E-state index contributed by atoms with van der Waals surface area (Å²) in [7, 11) is 6.19. The van der Waals surface area contributed by atoms with Gasteiger partial charge < -0.3 is 67.0 Å². The van der Waals surface area contributed by atoms with Crippen molar-refractivity contribution in [1.29, 1.82) is 0 Å². The molecule has 2 aliphatic rings. The van der Waals surface area contributed by atoms with E-state index in [-0.39, 0.29) is 86.9 Å². The molecule has 4 rings (SSSR count). The third-order valence-electron chi connectivity index (χ3n) is 17.9. The highest BCUT2D eigenvalue weighted by Crippen LogP contribution is 2.32. The highest BCUT2D eigenvalue weighted by atomic mass is 16.6. The number of anilines is 1. The number of aliphatic hydroxyl groups excluding tert-OH is 2. The van der Waals surface area contributed by atoms with Crippen LogP contribution in [-0.2, 0) is 59.2 Å². The van der Waals surface area contributed by atoms with E-state index in [4.69, 9.17) is 19.9 Å². The quantitative estimate of drug-likeness (QED) is 0.0318. The molecule has 2 aliphatic heterocycles. The summed E-state index contributed by atoms with van der Waals surface area (Å²) in [4.78, 5) is 138. The van der Waals surface area contributed by atoms with Crippen LogP contribution in [0.25, 0.3) is 0 Å². The van der Waals surface area contributed by atoms with Crippen molar-refractivity contribution in [3.63, 3.8) is 0 Å². The van der Waals surface area contributed by atoms with Gasteiger partial charge >= 0.3 is 12.1 Å². The van der Waals surface area contributed by atoms with Crippen LogP contribution < -0.4 is 37.6 Å². The second-order valence-corrected chi connectivity index (χ2v) is 25.9. The van der Waals surface area contributed by atoms with Crippen LogP contribution >= 0.6 is 0 Å². The fourth-order valence-corrected chi connectivity index (χ4v) is 12.2. The van der Waals surface area contributed by atoms with Crippen LogP contribution in [0.4, 0.5) is 15.3 Å². The lowest BCUT2D eigenvalue weighted by Gasteiger charge is -2.42. The summed E-state index contributed by atoms with van der Waals surface area (Å²) < 4.78 is 17.9. The van der Waals surface area contributed by atoms with Crippen molar-refractivity contribution in [2.24, 2.45) is 35.3 Å². The minimum Gasteiger partial charge on any atom is -0.445 e. The Morgan fingerprint density at radius 1 is 0.713 bits per heavy atom. The average molecular weight is 1320 g/mol. The number of nitrogens with zero attached hydrogens (tertiary/aromatic N) is 4. The predicted molar refractivity (Wildman–Crippen MR) is 354 cm³/mol. The molecular formula is C68H107N11O15. The minimum absolute atomic E-state index is 0.0867. The maximum atomic E-state index is 14.8. The number of aliphatic hydroxyl groups is 2. The van der Waals surface area contributed by atoms with Gasteiger partial charge in [-0.1, -0.05) is 118 Å². The van der Waals surface area contributed by atoms with Crippen molar-refractivity contribution in [1.82, 2.24) is 46.2 Å². The highest BCUT2D eigenvalue weighted by molar-refractivity contribution is 6.12. The smallest absolute Gasteiger partial charge is 0.410 e. The van der Waals surface area contributed by atoms with E-state index in [1.165, 1.54) is 31.2 Å². The van der Waals surface area contributed by atoms with Crippen molar-refractivity contribution in [2.45, 2.75) is 207 Å². The van der Waals surface area contributed by atoms with Gasteiger partial charge in [-0.2, -0.15) is 0 Å². The summed E-state index contributed by atoms with van der Waals surface area (Å²) in [6, 6.07) is 9.02. The largest absolute Gasteiger partial charge is 0.445 e. The first-order valence-electron chi connectivity index (χ1n) is 33.0. The molecule has 0 radical (unpaired) electrons. The Kier molecular flexibility index (Phi) is 32.5. The molecule has 524 valence electrons. The number of carbonyl (C=O) groups is 10. The number of benzene rings is 2. The zero-order valence-electron chi connectivity index (χ0n) is 57.6. The van der Waals surface area contributed by atoms with E-state index in [1.54, 1.807) is 97.0 Å². The zero-order valence-corrected chi connectivity index (χ0v) is 57.6. The molecule has 2 aromatic carbocycles. The van der Waals surface area contributed by atoms with E-state index in [9.17, 15) is 58.2 Å². The van der Waals surface area contributed by atoms with Gasteiger partial charge in [0.05, 0.1) is 36.3 Å². The molecule has 2 aromatic rings. The lowest BCUT2D eigenvalue weighted by molar-refractivity contribution is -0.146. The van der Waals surface area contributed by atoms with E-state index < -0.39 is 114 Å². The number of imide groups is 1. The van der Waals surface area contributed by atoms with Gasteiger partial charge in [0.25, 0.3) is 11.8 Å². The summed E-state index contributed by atoms with van der Waals surface area (Å²) in [6.07, 6.45) is 2.43. The molecule has 94 heavy (non-hydrogen) atoms. The summed E-state index contributed by atoms with van der Waals surface area (Å²) in [5.41, 5.74) is 6.79. The van der Waals surface area contributed by atoms with Crippen LogP contribution in [0, 0.1) is 29.6 Å². The molecule has 13 atom stereocenters. The van der Waals surface area contributed by atoms with Gasteiger partial charge in [0, 0.05) is 84.7 Å². The first-order valence-corrected chi connectivity index (χ1v) is 33.0. The summed E-state index contributed by atoms with van der Waals surface area (Å²) in [5.74, 6) is -5.59. The van der Waals surface area contributed by atoms with Gasteiger partial charge in [-0.05, 0) is 92.4 Å². The van der Waals surface area contributed by atoms with Crippen molar-refractivity contribution < 1.29 is 72.4 Å². The van der Waals surface area contributed by atoms with Gasteiger partial charge in [-0.3, -0.25) is 53.1 Å². The van der Waals surface area contributed by atoms with E-state index in [0.29, 0.717) is 55.5 Å². The number of nitrogens with one attached hydrogen (secondary N) is 6. The second kappa shape index (κ2) is 38.7. The predicted octanol–water partition coefficient (Wildman–Crippen LogP) is 4.87. The van der Waals surface area contributed by atoms with Crippen molar-refractivity contribution >= 4 is 65.1 Å². The Bertz CT molecular complexity index is 2830. The number of likely N-dealkylation sites (N-methyl/N-ethyl adjacent to an activating group) is 2. The number of ether oxygens (including phenoxy) is 3. The first kappa shape index (κ1) is 78.9. The SMILES string of the molecule is CC[C@H](C)[C@@H]([C@@H](CC(O)N1CCC[C@H]1[C@H](OC)[C@@H](C)C(=O)N[C@H](C)[C@@H](O)c1ccccc1)OC)N(C)C(=O)[C@@H](NC(=O)[C@H](C(C)C)N(C)C(=O)OCc1ccc(NC(=O)[C@H](CCCNC(N)=O)NC(=O)[C@@H](NC(=O)CCCCCN2C(=O)C=CC2=O)C(C)C)cc1)C(C)C. The number of urea groups is 1. The molecule has 11 amide bonds. The van der Waals surface area contributed by atoms with Crippen LogP contribution in [0.1, 0.15) is 151 Å². The number of hydrogen-bond acceptors (Lipinski definition) is 16. The van der Waals surface area contributed by atoms with Crippen LogP contribution in [0.15, 0.2) is 66.7 Å². The number of likely N-dealkylation sites (tertiary alicyclic amines) is 1. The van der Waals surface area contributed by atoms with Crippen LogP contribution in [-0.4, -0.2) is 198 Å². The molecule has 1 unspecified atom stereocenters. The Morgan fingerprint density at radius 3 is 1.93 bits per heavy atom. The van der Waals surface area contributed by atoms with Gasteiger partial charge in [0.15, 0.2) is 0 Å². The molecule has 0 aromatic heterocycles. The Hall–Kier alpha value is -7.52. The molecule has 0 spiro atoms. The van der Waals surface area contributed by atoms with Gasteiger partial charge in [0.1, 0.15) is 37.0 Å². The average Bonchev–Trinajstić information content (AvgIpc) is 1.33. The number of methoxy groups -OCH3 is 2. The maximum absolute atomic E-state index is 14.8. The fourth-order valence-electron chi connectivity index (χ4n) is 12.2. The van der Waals surface area contributed by atoms with E-state index in [2.05, 4.69) is 31.9 Å². The van der Waals surface area contributed by atoms with E-state index in [0.717, 1.165) is 11.3 Å². The number of primary amides is 1. The Balaban J connectivity index is 1.37. The van der Waals surface area contributed by atoms with Crippen LogP contribution in [0.5, 0.6) is 0 Å². The van der Waals surface area contributed by atoms with E-state index in [1.807, 2.05) is 50.8 Å². The monoisotopic (exact) mass is 1320 g/mol. The van der Waals surface area contributed by atoms with Crippen LogP contribution in [0.2, 0.25) is 0 Å². The lowest BCUT2D eigenvalue weighted by Crippen LogP contribution is -2.60.